The molecule has 25 heavy (non-hydrogen) atoms. The third kappa shape index (κ3) is 9.89. The average Bonchev–Trinajstić information content (AvgIpc) is 2.55. The summed E-state index contributed by atoms with van der Waals surface area (Å²) in [5, 5.41) is 13.8. The lowest BCUT2D eigenvalue weighted by atomic mass is 10.1. The number of primary amides is 1. The standard InChI is InChI=1S/C14H27N5O5S/c15-6-2-1-3-8(16)12(21)19-10(7-25)13(22)18-9(14(23)24)4-5-11(17)20/h8-10,25H,1-7,15-16H2,(H2,17,20)(H,18,22)(H,19,21)(H,23,24). The molecule has 0 heterocycles. The minimum Gasteiger partial charge on any atom is -0.480 e. The summed E-state index contributed by atoms with van der Waals surface area (Å²) in [6.07, 6.45) is 1.48. The first-order valence-corrected chi connectivity index (χ1v) is 8.54. The van der Waals surface area contributed by atoms with Crippen molar-refractivity contribution in [1.82, 2.24) is 10.6 Å². The molecule has 0 aromatic heterocycles. The molecule has 0 saturated heterocycles. The molecule has 3 unspecified atom stereocenters. The van der Waals surface area contributed by atoms with E-state index in [4.69, 9.17) is 22.3 Å². The van der Waals surface area contributed by atoms with E-state index in [-0.39, 0.29) is 18.6 Å². The molecule has 144 valence electrons. The lowest BCUT2D eigenvalue weighted by Gasteiger charge is -2.21. The van der Waals surface area contributed by atoms with Gasteiger partial charge in [-0.05, 0) is 25.8 Å². The van der Waals surface area contributed by atoms with Crippen molar-refractivity contribution in [3.05, 3.63) is 0 Å². The summed E-state index contributed by atoms with van der Waals surface area (Å²) in [4.78, 5) is 46.0. The quantitative estimate of drug-likeness (QED) is 0.138. The number of hydrogen-bond donors (Lipinski definition) is 7. The van der Waals surface area contributed by atoms with Crippen LogP contribution in [-0.2, 0) is 19.2 Å². The van der Waals surface area contributed by atoms with Crippen LogP contribution in [0.5, 0.6) is 0 Å². The average molecular weight is 377 g/mol. The third-order valence-corrected chi connectivity index (χ3v) is 3.78. The summed E-state index contributed by atoms with van der Waals surface area (Å²) >= 11 is 3.99. The Bertz CT molecular complexity index is 477. The van der Waals surface area contributed by atoms with Gasteiger partial charge in [0.05, 0.1) is 6.04 Å². The molecular formula is C14H27N5O5S. The molecule has 3 atom stereocenters. The van der Waals surface area contributed by atoms with Crippen LogP contribution >= 0.6 is 12.6 Å². The summed E-state index contributed by atoms with van der Waals surface area (Å²) in [5.74, 6) is -3.29. The number of carbonyl (C=O) groups excluding carboxylic acids is 3. The summed E-state index contributed by atoms with van der Waals surface area (Å²) < 4.78 is 0. The van der Waals surface area contributed by atoms with E-state index in [1.165, 1.54) is 0 Å². The van der Waals surface area contributed by atoms with Crippen LogP contribution in [-0.4, -0.2) is 59.2 Å². The van der Waals surface area contributed by atoms with Crippen LogP contribution in [0.2, 0.25) is 0 Å². The van der Waals surface area contributed by atoms with Gasteiger partial charge in [-0.3, -0.25) is 14.4 Å². The van der Waals surface area contributed by atoms with Crippen molar-refractivity contribution >= 4 is 36.3 Å². The molecule has 0 fully saturated rings. The molecule has 0 spiro atoms. The Balaban J connectivity index is 4.63. The fourth-order valence-corrected chi connectivity index (χ4v) is 2.19. The zero-order valence-corrected chi connectivity index (χ0v) is 14.8. The number of carboxylic acids is 1. The molecule has 0 rings (SSSR count). The van der Waals surface area contributed by atoms with Crippen molar-refractivity contribution in [2.24, 2.45) is 17.2 Å². The van der Waals surface area contributed by atoms with Crippen molar-refractivity contribution in [2.45, 2.75) is 50.2 Å². The number of carbonyl (C=O) groups is 4. The molecule has 3 amide bonds. The third-order valence-electron chi connectivity index (χ3n) is 3.42. The van der Waals surface area contributed by atoms with Gasteiger partial charge in [-0.25, -0.2) is 4.79 Å². The van der Waals surface area contributed by atoms with Gasteiger partial charge in [-0.1, -0.05) is 6.42 Å². The van der Waals surface area contributed by atoms with Crippen LogP contribution in [0.4, 0.5) is 0 Å². The van der Waals surface area contributed by atoms with Gasteiger partial charge in [0, 0.05) is 12.2 Å². The van der Waals surface area contributed by atoms with Crippen LogP contribution in [0, 0.1) is 0 Å². The molecule has 0 aromatic carbocycles. The number of unbranched alkanes of at least 4 members (excludes halogenated alkanes) is 1. The first-order valence-electron chi connectivity index (χ1n) is 7.91. The number of rotatable bonds is 13. The molecule has 0 saturated carbocycles. The molecule has 0 aliphatic heterocycles. The van der Waals surface area contributed by atoms with E-state index in [9.17, 15) is 19.2 Å². The smallest absolute Gasteiger partial charge is 0.326 e. The molecule has 0 radical (unpaired) electrons. The molecule has 0 aliphatic rings. The first kappa shape index (κ1) is 23.1. The predicted octanol–water partition coefficient (Wildman–Crippen LogP) is -2.31. The van der Waals surface area contributed by atoms with E-state index >= 15 is 0 Å². The van der Waals surface area contributed by atoms with E-state index in [2.05, 4.69) is 23.3 Å². The Morgan fingerprint density at radius 1 is 1.00 bits per heavy atom. The topological polar surface area (TPSA) is 191 Å². The van der Waals surface area contributed by atoms with E-state index in [1.54, 1.807) is 0 Å². The number of thiol groups is 1. The molecular weight excluding hydrogens is 350 g/mol. The first-order chi connectivity index (χ1) is 11.7. The van der Waals surface area contributed by atoms with Crippen molar-refractivity contribution in [2.75, 3.05) is 12.3 Å². The summed E-state index contributed by atoms with van der Waals surface area (Å²) in [6, 6.07) is -3.14. The largest absolute Gasteiger partial charge is 0.480 e. The second kappa shape index (κ2) is 12.5. The van der Waals surface area contributed by atoms with Crippen LogP contribution in [0.25, 0.3) is 0 Å². The van der Waals surface area contributed by atoms with Gasteiger partial charge in [0.15, 0.2) is 0 Å². The lowest BCUT2D eigenvalue weighted by Crippen LogP contribution is -2.55. The van der Waals surface area contributed by atoms with Gasteiger partial charge in [0.1, 0.15) is 12.1 Å². The maximum atomic E-state index is 12.1. The van der Waals surface area contributed by atoms with Gasteiger partial charge >= 0.3 is 5.97 Å². The van der Waals surface area contributed by atoms with Crippen LogP contribution < -0.4 is 27.8 Å². The second-order valence-corrected chi connectivity index (χ2v) is 5.90. The fraction of sp³-hybridized carbons (Fsp3) is 0.714. The Hall–Kier alpha value is -1.85. The Labute approximate surface area is 151 Å². The van der Waals surface area contributed by atoms with Gasteiger partial charge in [-0.15, -0.1) is 0 Å². The van der Waals surface area contributed by atoms with E-state index in [1.807, 2.05) is 0 Å². The van der Waals surface area contributed by atoms with E-state index in [0.717, 1.165) is 6.42 Å². The Kier molecular flexibility index (Phi) is 11.6. The SMILES string of the molecule is NCCCCC(N)C(=O)NC(CS)C(=O)NC(CCC(N)=O)C(=O)O. The highest BCUT2D eigenvalue weighted by Gasteiger charge is 2.27. The molecule has 11 heteroatoms. The number of carboxylic acid groups (broad SMARTS) is 1. The van der Waals surface area contributed by atoms with E-state index < -0.39 is 41.8 Å². The summed E-state index contributed by atoms with van der Waals surface area (Å²) in [6.45, 7) is 0.498. The fourth-order valence-electron chi connectivity index (χ4n) is 1.93. The maximum Gasteiger partial charge on any atom is 0.326 e. The molecule has 0 aromatic rings. The Morgan fingerprint density at radius 2 is 1.60 bits per heavy atom. The van der Waals surface area contributed by atoms with Crippen molar-refractivity contribution < 1.29 is 24.3 Å². The van der Waals surface area contributed by atoms with Crippen molar-refractivity contribution in [3.8, 4) is 0 Å². The van der Waals surface area contributed by atoms with Crippen LogP contribution in [0.3, 0.4) is 0 Å². The van der Waals surface area contributed by atoms with Crippen LogP contribution in [0.15, 0.2) is 0 Å². The van der Waals surface area contributed by atoms with Crippen LogP contribution in [0.1, 0.15) is 32.1 Å². The zero-order valence-electron chi connectivity index (χ0n) is 13.9. The highest BCUT2D eigenvalue weighted by Crippen LogP contribution is 2.02. The minimum absolute atomic E-state index is 0.0464. The summed E-state index contributed by atoms with van der Waals surface area (Å²) in [7, 11) is 0. The van der Waals surface area contributed by atoms with Gasteiger partial charge in [0.25, 0.3) is 0 Å². The van der Waals surface area contributed by atoms with Gasteiger partial charge < -0.3 is 32.9 Å². The highest BCUT2D eigenvalue weighted by atomic mass is 32.1. The summed E-state index contributed by atoms with van der Waals surface area (Å²) in [5.41, 5.74) is 16.1. The predicted molar refractivity (Wildman–Crippen MR) is 94.7 cm³/mol. The lowest BCUT2D eigenvalue weighted by molar-refractivity contribution is -0.142. The Morgan fingerprint density at radius 3 is 2.08 bits per heavy atom. The van der Waals surface area contributed by atoms with Crippen molar-refractivity contribution in [3.63, 3.8) is 0 Å². The normalized spacial score (nSPS) is 14.2. The van der Waals surface area contributed by atoms with Gasteiger partial charge in [-0.2, -0.15) is 12.6 Å². The molecule has 0 bridgehead atoms. The van der Waals surface area contributed by atoms with E-state index in [0.29, 0.717) is 19.4 Å². The molecule has 0 aliphatic carbocycles. The number of nitrogens with one attached hydrogen (secondary N) is 2. The number of amides is 3. The zero-order chi connectivity index (χ0) is 19.4. The van der Waals surface area contributed by atoms with Crippen molar-refractivity contribution in [1.29, 1.82) is 0 Å². The number of hydrogen-bond acceptors (Lipinski definition) is 7. The number of nitrogens with two attached hydrogens (primary N) is 3. The highest BCUT2D eigenvalue weighted by molar-refractivity contribution is 7.80. The van der Waals surface area contributed by atoms with Gasteiger partial charge in [0.2, 0.25) is 17.7 Å². The second-order valence-electron chi connectivity index (χ2n) is 5.54. The monoisotopic (exact) mass is 377 g/mol. The molecule has 10 nitrogen and oxygen atoms in total. The molecule has 9 N–H and O–H groups in total. The minimum atomic E-state index is -1.31. The maximum absolute atomic E-state index is 12.1. The number of aliphatic carboxylic acids is 1.